The van der Waals surface area contributed by atoms with Crippen molar-refractivity contribution in [3.05, 3.63) is 23.8 Å². The number of rotatable bonds is 11. The molecule has 0 radical (unpaired) electrons. The number of ether oxygens (including phenoxy) is 2. The van der Waals surface area contributed by atoms with Crippen molar-refractivity contribution in [2.45, 2.75) is 40.9 Å². The molecule has 0 unspecified atom stereocenters. The fourth-order valence-corrected chi connectivity index (χ4v) is 2.25. The van der Waals surface area contributed by atoms with Crippen LogP contribution < -0.4 is 25.4 Å². The summed E-state index contributed by atoms with van der Waals surface area (Å²) >= 11 is 0. The van der Waals surface area contributed by atoms with E-state index in [1.807, 2.05) is 20.8 Å². The molecule has 7 nitrogen and oxygen atoms in total. The van der Waals surface area contributed by atoms with E-state index in [9.17, 15) is 13.6 Å². The van der Waals surface area contributed by atoms with E-state index in [0.29, 0.717) is 37.8 Å². The van der Waals surface area contributed by atoms with Gasteiger partial charge in [0.1, 0.15) is 0 Å². The molecule has 0 bridgehead atoms. The van der Waals surface area contributed by atoms with Gasteiger partial charge in [-0.05, 0) is 19.9 Å². The third-order valence-corrected chi connectivity index (χ3v) is 3.56. The lowest BCUT2D eigenvalue weighted by Gasteiger charge is -2.15. The lowest BCUT2D eigenvalue weighted by atomic mass is 10.2. The number of carbonyl (C=O) groups excluding carboxylic acids is 1. The highest BCUT2D eigenvalue weighted by Crippen LogP contribution is 2.33. The third-order valence-electron chi connectivity index (χ3n) is 3.56. The van der Waals surface area contributed by atoms with Crippen LogP contribution in [0.5, 0.6) is 11.5 Å². The maximum absolute atomic E-state index is 12.8. The first-order chi connectivity index (χ1) is 13.4. The number of hydrogen-bond donors (Lipinski definition) is 3. The number of benzene rings is 1. The number of halogens is 3. The first kappa shape index (κ1) is 27.1. The number of alkyl halides is 2. The van der Waals surface area contributed by atoms with E-state index in [-0.39, 0.29) is 53.8 Å². The molecule has 0 saturated heterocycles. The predicted molar refractivity (Wildman–Crippen MR) is 120 cm³/mol. The van der Waals surface area contributed by atoms with Crippen LogP contribution in [0.25, 0.3) is 0 Å². The Labute approximate surface area is 188 Å². The summed E-state index contributed by atoms with van der Waals surface area (Å²) in [5, 5.41) is 8.96. The van der Waals surface area contributed by atoms with Gasteiger partial charge in [-0.15, -0.1) is 24.0 Å². The zero-order valence-electron chi connectivity index (χ0n) is 17.3. The third kappa shape index (κ3) is 10.5. The topological polar surface area (TPSA) is 84.0 Å². The van der Waals surface area contributed by atoms with Crippen LogP contribution in [-0.2, 0) is 11.3 Å². The maximum Gasteiger partial charge on any atom is 0.387 e. The van der Waals surface area contributed by atoms with Gasteiger partial charge in [-0.25, -0.2) is 4.99 Å². The lowest BCUT2D eigenvalue weighted by Crippen LogP contribution is -2.42. The van der Waals surface area contributed by atoms with Crippen LogP contribution in [-0.4, -0.2) is 44.7 Å². The van der Waals surface area contributed by atoms with Gasteiger partial charge in [-0.2, -0.15) is 8.78 Å². The van der Waals surface area contributed by atoms with E-state index in [4.69, 9.17) is 4.74 Å². The van der Waals surface area contributed by atoms with Gasteiger partial charge in [-0.3, -0.25) is 4.79 Å². The second-order valence-corrected chi connectivity index (χ2v) is 6.12. The summed E-state index contributed by atoms with van der Waals surface area (Å²) in [6.07, 6.45) is 0. The molecular weight excluding hydrogens is 497 g/mol. The molecule has 1 aromatic rings. The standard InChI is InChI=1S/C19H30F2N4O3.HI/c1-5-22-19(24-11-10-23-17(26)13(3)4)25-12-14-8-7-9-15(27-6-2)16(14)28-18(20)21;/h7-9,13,18H,5-6,10-12H2,1-4H3,(H,23,26)(H2,22,24,25);1H. The Bertz CT molecular complexity index is 646. The van der Waals surface area contributed by atoms with E-state index in [2.05, 4.69) is 25.7 Å². The molecular formula is C19H31F2IN4O3. The fraction of sp³-hybridized carbons (Fsp3) is 0.579. The molecule has 0 fully saturated rings. The molecule has 0 aliphatic heterocycles. The maximum atomic E-state index is 12.8. The number of nitrogens with zero attached hydrogens (tertiary/aromatic N) is 1. The van der Waals surface area contributed by atoms with Crippen LogP contribution in [0.4, 0.5) is 8.78 Å². The molecule has 1 rings (SSSR count). The lowest BCUT2D eigenvalue weighted by molar-refractivity contribution is -0.123. The zero-order valence-corrected chi connectivity index (χ0v) is 19.6. The monoisotopic (exact) mass is 528 g/mol. The Kier molecular flexibility index (Phi) is 14.1. The molecule has 0 atom stereocenters. The summed E-state index contributed by atoms with van der Waals surface area (Å²) in [5.41, 5.74) is 0.483. The minimum absolute atomic E-state index is 0. The number of amides is 1. The van der Waals surface area contributed by atoms with Gasteiger partial charge in [0.25, 0.3) is 0 Å². The van der Waals surface area contributed by atoms with Gasteiger partial charge in [0.05, 0.1) is 13.2 Å². The first-order valence-corrected chi connectivity index (χ1v) is 9.38. The molecule has 3 N–H and O–H groups in total. The summed E-state index contributed by atoms with van der Waals surface area (Å²) < 4.78 is 35.6. The largest absolute Gasteiger partial charge is 0.490 e. The predicted octanol–water partition coefficient (Wildman–Crippen LogP) is 3.13. The van der Waals surface area contributed by atoms with Crippen molar-refractivity contribution in [3.8, 4) is 11.5 Å². The Hall–Kier alpha value is -1.85. The highest BCUT2D eigenvalue weighted by atomic mass is 127. The second kappa shape index (κ2) is 15.1. The molecule has 0 aliphatic rings. The smallest absolute Gasteiger partial charge is 0.387 e. The van der Waals surface area contributed by atoms with E-state index >= 15 is 0 Å². The molecule has 0 saturated carbocycles. The summed E-state index contributed by atoms with van der Waals surface area (Å²) in [6.45, 7) is 6.37. The van der Waals surface area contributed by atoms with Gasteiger partial charge in [0, 0.05) is 31.1 Å². The van der Waals surface area contributed by atoms with Crippen LogP contribution in [0.2, 0.25) is 0 Å². The summed E-state index contributed by atoms with van der Waals surface area (Å²) in [6, 6.07) is 4.95. The summed E-state index contributed by atoms with van der Waals surface area (Å²) in [5.74, 6) is 0.650. The van der Waals surface area contributed by atoms with Crippen LogP contribution >= 0.6 is 24.0 Å². The minimum atomic E-state index is -2.96. The number of carbonyl (C=O) groups is 1. The van der Waals surface area contributed by atoms with Crippen molar-refractivity contribution in [1.82, 2.24) is 16.0 Å². The van der Waals surface area contributed by atoms with Crippen LogP contribution in [0.3, 0.4) is 0 Å². The Balaban J connectivity index is 0.00000784. The van der Waals surface area contributed by atoms with Crippen LogP contribution in [0, 0.1) is 5.92 Å². The van der Waals surface area contributed by atoms with Crippen LogP contribution in [0.15, 0.2) is 23.2 Å². The molecule has 0 aliphatic carbocycles. The molecule has 0 aromatic heterocycles. The molecule has 10 heteroatoms. The summed E-state index contributed by atoms with van der Waals surface area (Å²) in [7, 11) is 0. The molecule has 29 heavy (non-hydrogen) atoms. The fourth-order valence-electron chi connectivity index (χ4n) is 2.25. The van der Waals surface area contributed by atoms with Crippen molar-refractivity contribution in [3.63, 3.8) is 0 Å². The summed E-state index contributed by atoms with van der Waals surface area (Å²) in [4.78, 5) is 16.0. The second-order valence-electron chi connectivity index (χ2n) is 6.12. The van der Waals surface area contributed by atoms with Crippen molar-refractivity contribution in [2.75, 3.05) is 26.2 Å². The average Bonchev–Trinajstić information content (AvgIpc) is 2.64. The number of aliphatic imine (C=N–C) groups is 1. The van der Waals surface area contributed by atoms with Gasteiger partial charge in [0.15, 0.2) is 17.5 Å². The molecule has 1 aromatic carbocycles. The van der Waals surface area contributed by atoms with E-state index in [1.54, 1.807) is 25.1 Å². The molecule has 0 spiro atoms. The highest BCUT2D eigenvalue weighted by Gasteiger charge is 2.15. The normalized spacial score (nSPS) is 11.1. The highest BCUT2D eigenvalue weighted by molar-refractivity contribution is 14.0. The van der Waals surface area contributed by atoms with Crippen molar-refractivity contribution in [1.29, 1.82) is 0 Å². The number of guanidine groups is 1. The SMILES string of the molecule is CCNC(=NCc1cccc(OCC)c1OC(F)F)NCCNC(=O)C(C)C.I. The van der Waals surface area contributed by atoms with E-state index < -0.39 is 6.61 Å². The molecule has 0 heterocycles. The average molecular weight is 528 g/mol. The Morgan fingerprint density at radius 3 is 2.41 bits per heavy atom. The Morgan fingerprint density at radius 1 is 1.14 bits per heavy atom. The van der Waals surface area contributed by atoms with Crippen LogP contribution in [0.1, 0.15) is 33.3 Å². The van der Waals surface area contributed by atoms with Crippen molar-refractivity contribution in [2.24, 2.45) is 10.9 Å². The van der Waals surface area contributed by atoms with Crippen molar-refractivity contribution >= 4 is 35.8 Å². The van der Waals surface area contributed by atoms with Crippen molar-refractivity contribution < 1.29 is 23.0 Å². The molecule has 1 amide bonds. The zero-order chi connectivity index (χ0) is 20.9. The van der Waals surface area contributed by atoms with Gasteiger partial charge >= 0.3 is 6.61 Å². The number of hydrogen-bond acceptors (Lipinski definition) is 4. The Morgan fingerprint density at radius 2 is 1.83 bits per heavy atom. The first-order valence-electron chi connectivity index (χ1n) is 9.38. The van der Waals surface area contributed by atoms with Gasteiger partial charge < -0.3 is 25.4 Å². The van der Waals surface area contributed by atoms with Gasteiger partial charge in [-0.1, -0.05) is 26.0 Å². The number of nitrogens with one attached hydrogen (secondary N) is 3. The molecule has 166 valence electrons. The van der Waals surface area contributed by atoms with E-state index in [1.165, 1.54) is 0 Å². The quantitative estimate of drug-likeness (QED) is 0.178. The minimum Gasteiger partial charge on any atom is -0.490 e. The van der Waals surface area contributed by atoms with E-state index in [0.717, 1.165) is 0 Å². The van der Waals surface area contributed by atoms with Gasteiger partial charge in [0.2, 0.25) is 5.91 Å². The number of para-hydroxylation sites is 1.